The number of nitrogens with one attached hydrogen (secondary N) is 2. The standard InChI is InChI=1S/C25H15Cl5F3N5O2S/c26-13-2-4-15(18(29)8-13)23(40)34-10-21-36-37-24(38(21)14-3-6-16(27)19(30)9-14)41-11-22(39)35-20-7-12(25(31,32)33)1-5-17(20)28/h1-9H,10-11H2,(H,34,40)(H,35,39). The average molecular weight is 684 g/mol. The summed E-state index contributed by atoms with van der Waals surface area (Å²) in [4.78, 5) is 25.4. The third-order valence-corrected chi connectivity index (χ3v) is 7.89. The van der Waals surface area contributed by atoms with Crippen LogP contribution in [0, 0.1) is 0 Å². The van der Waals surface area contributed by atoms with Crippen LogP contribution in [0.4, 0.5) is 18.9 Å². The minimum atomic E-state index is -4.61. The minimum absolute atomic E-state index is 0.0610. The van der Waals surface area contributed by atoms with Crippen LogP contribution in [0.1, 0.15) is 21.7 Å². The van der Waals surface area contributed by atoms with Crippen molar-refractivity contribution in [2.75, 3.05) is 11.1 Å². The summed E-state index contributed by atoms with van der Waals surface area (Å²) in [5.41, 5.74) is -0.490. The molecule has 0 saturated carbocycles. The van der Waals surface area contributed by atoms with Gasteiger partial charge in [-0.25, -0.2) is 0 Å². The van der Waals surface area contributed by atoms with E-state index in [-0.39, 0.29) is 49.6 Å². The summed E-state index contributed by atoms with van der Waals surface area (Å²) in [6.07, 6.45) is -4.61. The molecule has 0 aliphatic heterocycles. The molecule has 3 aromatic carbocycles. The highest BCUT2D eigenvalue weighted by atomic mass is 35.5. The Labute approximate surface area is 260 Å². The minimum Gasteiger partial charge on any atom is -0.345 e. The van der Waals surface area contributed by atoms with E-state index in [4.69, 9.17) is 58.0 Å². The van der Waals surface area contributed by atoms with Crippen molar-refractivity contribution in [1.82, 2.24) is 20.1 Å². The monoisotopic (exact) mass is 681 g/mol. The number of alkyl halides is 3. The molecule has 0 bridgehead atoms. The molecule has 0 aliphatic carbocycles. The van der Waals surface area contributed by atoms with Gasteiger partial charge in [0.15, 0.2) is 11.0 Å². The summed E-state index contributed by atoms with van der Waals surface area (Å²) in [5, 5.41) is 14.5. The van der Waals surface area contributed by atoms with Crippen molar-refractivity contribution in [3.8, 4) is 5.69 Å². The molecule has 4 aromatic rings. The molecule has 214 valence electrons. The van der Waals surface area contributed by atoms with Crippen LogP contribution in [0.5, 0.6) is 0 Å². The van der Waals surface area contributed by atoms with Crippen LogP contribution in [-0.4, -0.2) is 32.3 Å². The fraction of sp³-hybridized carbons (Fsp3) is 0.120. The first-order valence-corrected chi connectivity index (χ1v) is 14.1. The highest BCUT2D eigenvalue weighted by Gasteiger charge is 2.31. The third kappa shape index (κ3) is 7.79. The number of hydrogen-bond donors (Lipinski definition) is 2. The zero-order valence-corrected chi connectivity index (χ0v) is 24.8. The SMILES string of the molecule is O=C(CSc1nnc(CNC(=O)c2ccc(Cl)cc2Cl)n1-c1ccc(Cl)c(Cl)c1)Nc1cc(C(F)(F)F)ccc1Cl. The lowest BCUT2D eigenvalue weighted by atomic mass is 10.2. The summed E-state index contributed by atoms with van der Waals surface area (Å²) in [6.45, 7) is -0.0996. The molecule has 2 amide bonds. The maximum atomic E-state index is 13.1. The first kappa shape index (κ1) is 31.3. The molecule has 41 heavy (non-hydrogen) atoms. The second-order valence-corrected chi connectivity index (χ2v) is 11.2. The molecule has 1 aromatic heterocycles. The summed E-state index contributed by atoms with van der Waals surface area (Å²) in [7, 11) is 0. The molecule has 0 aliphatic rings. The van der Waals surface area contributed by atoms with Crippen molar-refractivity contribution >= 4 is 87.3 Å². The van der Waals surface area contributed by atoms with Gasteiger partial charge >= 0.3 is 6.18 Å². The van der Waals surface area contributed by atoms with E-state index in [9.17, 15) is 22.8 Å². The van der Waals surface area contributed by atoms with E-state index in [1.54, 1.807) is 22.8 Å². The molecule has 0 spiro atoms. The van der Waals surface area contributed by atoms with Crippen molar-refractivity contribution in [3.05, 3.63) is 96.7 Å². The highest BCUT2D eigenvalue weighted by molar-refractivity contribution is 7.99. The van der Waals surface area contributed by atoms with Gasteiger partial charge in [-0.05, 0) is 54.6 Å². The van der Waals surface area contributed by atoms with Crippen molar-refractivity contribution in [2.45, 2.75) is 17.9 Å². The zero-order valence-electron chi connectivity index (χ0n) is 20.2. The molecule has 2 N–H and O–H groups in total. The van der Waals surface area contributed by atoms with Gasteiger partial charge in [-0.3, -0.25) is 14.2 Å². The smallest absolute Gasteiger partial charge is 0.345 e. The number of benzene rings is 3. The molecule has 7 nitrogen and oxygen atoms in total. The van der Waals surface area contributed by atoms with Gasteiger partial charge in [-0.15, -0.1) is 10.2 Å². The highest BCUT2D eigenvalue weighted by Crippen LogP contribution is 2.34. The summed E-state index contributed by atoms with van der Waals surface area (Å²) in [6, 6.07) is 11.8. The lowest BCUT2D eigenvalue weighted by Gasteiger charge is -2.13. The van der Waals surface area contributed by atoms with Crippen molar-refractivity contribution in [2.24, 2.45) is 0 Å². The van der Waals surface area contributed by atoms with E-state index in [0.717, 1.165) is 30.0 Å². The van der Waals surface area contributed by atoms with Crippen molar-refractivity contribution in [1.29, 1.82) is 0 Å². The third-order valence-electron chi connectivity index (χ3n) is 5.34. The molecule has 4 rings (SSSR count). The van der Waals surface area contributed by atoms with Gasteiger partial charge in [0.1, 0.15) is 0 Å². The van der Waals surface area contributed by atoms with Crippen LogP contribution in [0.25, 0.3) is 5.69 Å². The number of amides is 2. The molecule has 0 atom stereocenters. The number of aromatic nitrogens is 3. The normalized spacial score (nSPS) is 11.4. The van der Waals surface area contributed by atoms with Crippen LogP contribution in [0.3, 0.4) is 0 Å². The number of carbonyl (C=O) groups is 2. The Kier molecular flexibility index (Phi) is 9.99. The fourth-order valence-electron chi connectivity index (χ4n) is 3.43. The Balaban J connectivity index is 1.54. The van der Waals surface area contributed by atoms with E-state index in [0.29, 0.717) is 15.7 Å². The zero-order chi connectivity index (χ0) is 29.9. The molecule has 0 unspecified atom stereocenters. The van der Waals surface area contributed by atoms with Gasteiger partial charge in [-0.2, -0.15) is 13.2 Å². The Morgan fingerprint density at radius 3 is 2.27 bits per heavy atom. The Hall–Kier alpha value is -2.67. The van der Waals surface area contributed by atoms with Crippen LogP contribution < -0.4 is 10.6 Å². The van der Waals surface area contributed by atoms with E-state index < -0.39 is 23.6 Å². The molecular formula is C25H15Cl5F3N5O2S. The molecule has 0 radical (unpaired) electrons. The van der Waals surface area contributed by atoms with Gasteiger partial charge < -0.3 is 10.6 Å². The second kappa shape index (κ2) is 13.1. The predicted octanol–water partition coefficient (Wildman–Crippen LogP) is 8.21. The van der Waals surface area contributed by atoms with Gasteiger partial charge in [0.2, 0.25) is 5.91 Å². The summed E-state index contributed by atoms with van der Waals surface area (Å²) >= 11 is 31.2. The van der Waals surface area contributed by atoms with Crippen LogP contribution in [0.2, 0.25) is 25.1 Å². The number of nitrogens with zero attached hydrogens (tertiary/aromatic N) is 3. The Morgan fingerprint density at radius 1 is 0.854 bits per heavy atom. The summed E-state index contributed by atoms with van der Waals surface area (Å²) < 4.78 is 40.8. The van der Waals surface area contributed by atoms with E-state index in [1.807, 2.05) is 0 Å². The van der Waals surface area contributed by atoms with Crippen LogP contribution in [0.15, 0.2) is 59.8 Å². The summed E-state index contributed by atoms with van der Waals surface area (Å²) in [5.74, 6) is -1.14. The average Bonchev–Trinajstić information content (AvgIpc) is 3.31. The van der Waals surface area contributed by atoms with Crippen LogP contribution in [-0.2, 0) is 17.5 Å². The second-order valence-electron chi connectivity index (χ2n) is 8.17. The number of hydrogen-bond acceptors (Lipinski definition) is 5. The van der Waals surface area contributed by atoms with Crippen LogP contribution >= 0.6 is 69.8 Å². The Morgan fingerprint density at radius 2 is 1.59 bits per heavy atom. The molecular weight excluding hydrogens is 669 g/mol. The van der Waals surface area contributed by atoms with E-state index in [1.165, 1.54) is 18.2 Å². The number of carbonyl (C=O) groups excluding carboxylic acids is 2. The Bertz CT molecular complexity index is 1630. The maximum absolute atomic E-state index is 13.1. The maximum Gasteiger partial charge on any atom is 0.416 e. The number of thioether (sulfide) groups is 1. The molecule has 16 heteroatoms. The van der Waals surface area contributed by atoms with Gasteiger partial charge in [0, 0.05) is 5.02 Å². The topological polar surface area (TPSA) is 88.9 Å². The van der Waals surface area contributed by atoms with E-state index in [2.05, 4.69) is 20.8 Å². The van der Waals surface area contributed by atoms with Crippen molar-refractivity contribution in [3.63, 3.8) is 0 Å². The first-order chi connectivity index (χ1) is 19.3. The largest absolute Gasteiger partial charge is 0.416 e. The predicted molar refractivity (Wildman–Crippen MR) is 155 cm³/mol. The van der Waals surface area contributed by atoms with Gasteiger partial charge in [0.05, 0.1) is 54.9 Å². The van der Waals surface area contributed by atoms with Crippen molar-refractivity contribution < 1.29 is 22.8 Å². The molecule has 0 saturated heterocycles. The number of anilines is 1. The lowest BCUT2D eigenvalue weighted by molar-refractivity contribution is -0.137. The van der Waals surface area contributed by atoms with Gasteiger partial charge in [-0.1, -0.05) is 69.8 Å². The quantitative estimate of drug-likeness (QED) is 0.183. The molecule has 0 fully saturated rings. The lowest BCUT2D eigenvalue weighted by Crippen LogP contribution is -2.25. The number of rotatable bonds is 8. The molecule has 1 heterocycles. The van der Waals surface area contributed by atoms with Gasteiger partial charge in [0.25, 0.3) is 5.91 Å². The van der Waals surface area contributed by atoms with E-state index >= 15 is 0 Å². The number of halogens is 8. The first-order valence-electron chi connectivity index (χ1n) is 11.3. The fourth-order valence-corrected chi connectivity index (χ4v) is 5.16.